The van der Waals surface area contributed by atoms with Gasteiger partial charge in [0, 0.05) is 23.9 Å². The smallest absolute Gasteiger partial charge is 0.172 e. The van der Waals surface area contributed by atoms with Gasteiger partial charge in [-0.2, -0.15) is 0 Å². The minimum Gasteiger partial charge on any atom is -0.486 e. The van der Waals surface area contributed by atoms with Crippen molar-refractivity contribution in [2.45, 2.75) is 12.8 Å². The van der Waals surface area contributed by atoms with Gasteiger partial charge in [-0.1, -0.05) is 0 Å². The molecule has 2 heterocycles. The Bertz CT molecular complexity index is 520. The fraction of sp³-hybridized carbons (Fsp3) is 0.462. The van der Waals surface area contributed by atoms with E-state index >= 15 is 0 Å². The highest BCUT2D eigenvalue weighted by atomic mass is 16.6. The minimum absolute atomic E-state index is 0.114. The van der Waals surface area contributed by atoms with Gasteiger partial charge < -0.3 is 14.8 Å². The Labute approximate surface area is 98.9 Å². The molecule has 0 aromatic heterocycles. The van der Waals surface area contributed by atoms with Crippen molar-refractivity contribution in [3.8, 4) is 11.5 Å². The van der Waals surface area contributed by atoms with E-state index in [9.17, 15) is 4.79 Å². The van der Waals surface area contributed by atoms with E-state index in [0.29, 0.717) is 19.0 Å². The van der Waals surface area contributed by atoms with E-state index in [1.165, 1.54) is 0 Å². The van der Waals surface area contributed by atoms with Crippen LogP contribution in [0.2, 0.25) is 0 Å². The average molecular weight is 231 g/mol. The molecule has 1 N–H and O–H groups in total. The first-order chi connectivity index (χ1) is 8.28. The van der Waals surface area contributed by atoms with E-state index in [0.717, 1.165) is 36.4 Å². The van der Waals surface area contributed by atoms with E-state index in [1.807, 2.05) is 12.1 Å². The molecule has 1 fully saturated rings. The summed E-state index contributed by atoms with van der Waals surface area (Å²) in [4.78, 5) is 12.4. The number of benzene rings is 1. The van der Waals surface area contributed by atoms with Crippen LogP contribution >= 0.6 is 0 Å². The highest BCUT2D eigenvalue weighted by Crippen LogP contribution is 2.52. The molecule has 0 bridgehead atoms. The molecule has 1 saturated carbocycles. The van der Waals surface area contributed by atoms with Crippen LogP contribution in [-0.2, 0) is 0 Å². The molecule has 1 aromatic rings. The molecular formula is C13H13NO3. The van der Waals surface area contributed by atoms with E-state index in [2.05, 4.69) is 5.32 Å². The lowest BCUT2D eigenvalue weighted by Crippen LogP contribution is -2.31. The minimum atomic E-state index is -0.114. The van der Waals surface area contributed by atoms with Crippen molar-refractivity contribution in [3.05, 3.63) is 17.7 Å². The number of rotatable bonds is 0. The Balaban J connectivity index is 1.84. The molecule has 4 rings (SSSR count). The summed E-state index contributed by atoms with van der Waals surface area (Å²) in [6, 6.07) is 3.72. The predicted octanol–water partition coefficient (Wildman–Crippen LogP) is 1.85. The van der Waals surface area contributed by atoms with Crippen LogP contribution in [-0.4, -0.2) is 25.5 Å². The maximum absolute atomic E-state index is 12.4. The van der Waals surface area contributed by atoms with E-state index < -0.39 is 0 Å². The highest BCUT2D eigenvalue weighted by molar-refractivity contribution is 6.09. The molecule has 1 spiro atoms. The molecule has 0 radical (unpaired) electrons. The summed E-state index contributed by atoms with van der Waals surface area (Å²) in [5, 5.41) is 3.34. The van der Waals surface area contributed by atoms with Gasteiger partial charge in [-0.3, -0.25) is 4.79 Å². The Morgan fingerprint density at radius 3 is 2.53 bits per heavy atom. The largest absolute Gasteiger partial charge is 0.486 e. The first kappa shape index (κ1) is 9.33. The van der Waals surface area contributed by atoms with E-state index in [-0.39, 0.29) is 11.2 Å². The summed E-state index contributed by atoms with van der Waals surface area (Å²) in [5.41, 5.74) is 1.53. The normalized spacial score (nSPS) is 22.9. The Hall–Kier alpha value is -1.71. The third-order valence-electron chi connectivity index (χ3n) is 3.88. The van der Waals surface area contributed by atoms with Crippen molar-refractivity contribution < 1.29 is 14.3 Å². The van der Waals surface area contributed by atoms with Crippen LogP contribution in [0.5, 0.6) is 11.5 Å². The van der Waals surface area contributed by atoms with Gasteiger partial charge in [0.1, 0.15) is 13.2 Å². The van der Waals surface area contributed by atoms with Crippen LogP contribution in [0.3, 0.4) is 0 Å². The first-order valence-corrected chi connectivity index (χ1v) is 6.01. The number of hydrogen-bond acceptors (Lipinski definition) is 4. The van der Waals surface area contributed by atoms with Gasteiger partial charge >= 0.3 is 0 Å². The molecule has 1 aliphatic carbocycles. The van der Waals surface area contributed by atoms with Gasteiger partial charge in [-0.25, -0.2) is 0 Å². The average Bonchev–Trinajstić information content (AvgIpc) is 3.14. The summed E-state index contributed by atoms with van der Waals surface area (Å²) in [6.45, 7) is 1.89. The van der Waals surface area contributed by atoms with Gasteiger partial charge in [-0.05, 0) is 18.9 Å². The quantitative estimate of drug-likeness (QED) is 0.740. The lowest BCUT2D eigenvalue weighted by molar-refractivity contribution is 0.0902. The maximum Gasteiger partial charge on any atom is 0.172 e. The Morgan fingerprint density at radius 1 is 1.12 bits per heavy atom. The molecule has 4 nitrogen and oxygen atoms in total. The van der Waals surface area contributed by atoms with E-state index in [4.69, 9.17) is 9.47 Å². The molecule has 1 aromatic carbocycles. The standard InChI is InChI=1S/C13H13NO3/c15-12-8-5-10-11(17-4-3-16-10)6-9(8)14-7-13(12)1-2-13/h5-6,14H,1-4,7H2. The number of anilines is 1. The number of ketones is 1. The summed E-state index contributed by atoms with van der Waals surface area (Å²) >= 11 is 0. The number of ether oxygens (including phenoxy) is 2. The second-order valence-corrected chi connectivity index (χ2v) is 5.00. The summed E-state index contributed by atoms with van der Waals surface area (Å²) < 4.78 is 11.0. The molecule has 0 saturated heterocycles. The number of hydrogen-bond donors (Lipinski definition) is 1. The van der Waals surface area contributed by atoms with Crippen LogP contribution in [0.15, 0.2) is 12.1 Å². The van der Waals surface area contributed by atoms with Crippen molar-refractivity contribution in [2.75, 3.05) is 25.1 Å². The van der Waals surface area contributed by atoms with Crippen molar-refractivity contribution in [1.29, 1.82) is 0 Å². The van der Waals surface area contributed by atoms with Crippen molar-refractivity contribution in [1.82, 2.24) is 0 Å². The van der Waals surface area contributed by atoms with Gasteiger partial charge in [0.15, 0.2) is 17.3 Å². The third-order valence-corrected chi connectivity index (χ3v) is 3.88. The lowest BCUT2D eigenvalue weighted by Gasteiger charge is -2.27. The third kappa shape index (κ3) is 1.21. The molecule has 0 amide bonds. The number of carbonyl (C=O) groups excluding carboxylic acids is 1. The Morgan fingerprint density at radius 2 is 1.82 bits per heavy atom. The molecular weight excluding hydrogens is 218 g/mol. The van der Waals surface area contributed by atoms with Crippen LogP contribution in [0.4, 0.5) is 5.69 Å². The van der Waals surface area contributed by atoms with Crippen molar-refractivity contribution >= 4 is 11.5 Å². The van der Waals surface area contributed by atoms with Crippen LogP contribution < -0.4 is 14.8 Å². The molecule has 17 heavy (non-hydrogen) atoms. The second kappa shape index (κ2) is 2.94. The molecule has 88 valence electrons. The molecule has 0 unspecified atom stereocenters. The zero-order chi connectivity index (χ0) is 11.5. The first-order valence-electron chi connectivity index (χ1n) is 6.01. The Kier molecular flexibility index (Phi) is 1.62. The molecule has 3 aliphatic rings. The van der Waals surface area contributed by atoms with Crippen molar-refractivity contribution in [2.24, 2.45) is 5.41 Å². The number of fused-ring (bicyclic) bond motifs is 2. The zero-order valence-electron chi connectivity index (χ0n) is 9.41. The molecule has 4 heteroatoms. The highest BCUT2D eigenvalue weighted by Gasteiger charge is 2.52. The lowest BCUT2D eigenvalue weighted by atomic mass is 9.89. The number of carbonyl (C=O) groups is 1. The SMILES string of the molecule is O=C1c2cc3c(cc2NCC12CC2)OCCO3. The molecule has 2 aliphatic heterocycles. The number of Topliss-reactive ketones (excluding diaryl/α,β-unsaturated/α-hetero) is 1. The van der Waals surface area contributed by atoms with E-state index in [1.54, 1.807) is 0 Å². The predicted molar refractivity (Wildman–Crippen MR) is 61.9 cm³/mol. The second-order valence-electron chi connectivity index (χ2n) is 5.00. The number of nitrogens with one attached hydrogen (secondary N) is 1. The van der Waals surface area contributed by atoms with Gasteiger partial charge in [-0.15, -0.1) is 0 Å². The van der Waals surface area contributed by atoms with Crippen LogP contribution in [0.25, 0.3) is 0 Å². The van der Waals surface area contributed by atoms with Crippen molar-refractivity contribution in [3.63, 3.8) is 0 Å². The topological polar surface area (TPSA) is 47.6 Å². The van der Waals surface area contributed by atoms with Crippen LogP contribution in [0.1, 0.15) is 23.2 Å². The van der Waals surface area contributed by atoms with Gasteiger partial charge in [0.25, 0.3) is 0 Å². The molecule has 0 atom stereocenters. The fourth-order valence-corrected chi connectivity index (χ4v) is 2.61. The summed E-state index contributed by atoms with van der Waals surface area (Å²) in [7, 11) is 0. The summed E-state index contributed by atoms with van der Waals surface area (Å²) in [6.07, 6.45) is 2.01. The van der Waals surface area contributed by atoms with Gasteiger partial charge in [0.05, 0.1) is 5.41 Å². The monoisotopic (exact) mass is 231 g/mol. The maximum atomic E-state index is 12.4. The summed E-state index contributed by atoms with van der Waals surface area (Å²) in [5.74, 6) is 1.70. The zero-order valence-corrected chi connectivity index (χ0v) is 9.41. The van der Waals surface area contributed by atoms with Gasteiger partial charge in [0.2, 0.25) is 0 Å². The van der Waals surface area contributed by atoms with Crippen LogP contribution in [0, 0.1) is 5.41 Å². The fourth-order valence-electron chi connectivity index (χ4n) is 2.61.